The molecule has 39 heavy (non-hydrogen) atoms. The van der Waals surface area contributed by atoms with Crippen LogP contribution in [-0.4, -0.2) is 68.5 Å². The maximum atomic E-state index is 13.2. The van der Waals surface area contributed by atoms with Gasteiger partial charge in [0.15, 0.2) is 0 Å². The molecule has 1 amide bonds. The minimum Gasteiger partial charge on any atom is -0.367 e. The Labute approximate surface area is 242 Å². The maximum Gasteiger partial charge on any atom is 0.296 e. The van der Waals surface area contributed by atoms with Crippen LogP contribution < -0.4 is 10.6 Å². The first kappa shape index (κ1) is 28.4. The number of carbonyl (C=O) groups excluding carboxylic acids is 1. The van der Waals surface area contributed by atoms with Gasteiger partial charge in [0.1, 0.15) is 17.0 Å². The molecule has 12 heteroatoms. The molecule has 0 radical (unpaired) electrons. The molecule has 210 valence electrons. The van der Waals surface area contributed by atoms with Crippen molar-refractivity contribution in [1.29, 1.82) is 0 Å². The monoisotopic (exact) mass is 635 g/mol. The number of carbonyl (C=O) groups is 1. The standard InChI is InChI=1S/C27H34BrN5O4S2/c1-33(2)19-8-6-18(7-9-19)32-25-24-23-21(12-13-22(23)38-27(24)31-16-30-25)26(34)29-14-3-15-37-39(35,36)20-10-4-17(28)5-11-20/h4-5,10-11,16,18-19,21H,3,6-9,12-15H2,1-2H3,(H,29,34)(H,30,31,32)/t18-,19-,21?. The highest BCUT2D eigenvalue weighted by atomic mass is 79.9. The van der Waals surface area contributed by atoms with Crippen molar-refractivity contribution < 1.29 is 17.4 Å². The van der Waals surface area contributed by atoms with Gasteiger partial charge in [-0.25, -0.2) is 9.97 Å². The molecule has 0 aliphatic heterocycles. The predicted molar refractivity (Wildman–Crippen MR) is 157 cm³/mol. The number of hydrogen-bond acceptors (Lipinski definition) is 9. The molecule has 1 unspecified atom stereocenters. The second kappa shape index (κ2) is 12.2. The third-order valence-corrected chi connectivity index (χ3v) is 10.7. The first-order chi connectivity index (χ1) is 18.7. The average molecular weight is 637 g/mol. The molecule has 1 fully saturated rings. The highest BCUT2D eigenvalue weighted by Gasteiger charge is 2.34. The molecular weight excluding hydrogens is 602 g/mol. The summed E-state index contributed by atoms with van der Waals surface area (Å²) in [6, 6.07) is 7.27. The molecule has 0 spiro atoms. The van der Waals surface area contributed by atoms with Crippen LogP contribution >= 0.6 is 27.3 Å². The fourth-order valence-electron chi connectivity index (χ4n) is 5.52. The van der Waals surface area contributed by atoms with Gasteiger partial charge in [-0.3, -0.25) is 8.98 Å². The molecule has 1 aromatic carbocycles. The first-order valence-corrected chi connectivity index (χ1v) is 16.4. The summed E-state index contributed by atoms with van der Waals surface area (Å²) in [5.41, 5.74) is 1.05. The van der Waals surface area contributed by atoms with Crippen molar-refractivity contribution >= 4 is 59.3 Å². The fourth-order valence-corrected chi connectivity index (χ4v) is 7.94. The number of nitrogens with zero attached hydrogens (tertiary/aromatic N) is 3. The normalized spacial score (nSPS) is 21.3. The number of benzene rings is 1. The first-order valence-electron chi connectivity index (χ1n) is 13.3. The zero-order valence-electron chi connectivity index (χ0n) is 22.2. The van der Waals surface area contributed by atoms with Gasteiger partial charge in [-0.15, -0.1) is 11.3 Å². The molecule has 1 saturated carbocycles. The molecule has 5 rings (SSSR count). The van der Waals surface area contributed by atoms with Crippen molar-refractivity contribution in [3.8, 4) is 0 Å². The van der Waals surface area contributed by atoms with Crippen molar-refractivity contribution in [1.82, 2.24) is 20.2 Å². The number of fused-ring (bicyclic) bond motifs is 3. The van der Waals surface area contributed by atoms with Crippen molar-refractivity contribution in [3.05, 3.63) is 45.5 Å². The second-order valence-electron chi connectivity index (χ2n) is 10.4. The van der Waals surface area contributed by atoms with E-state index in [1.54, 1.807) is 29.8 Å². The van der Waals surface area contributed by atoms with Crippen molar-refractivity contribution in [2.75, 3.05) is 32.6 Å². The Morgan fingerprint density at radius 2 is 1.87 bits per heavy atom. The Morgan fingerprint density at radius 3 is 2.59 bits per heavy atom. The number of hydrogen-bond donors (Lipinski definition) is 2. The lowest BCUT2D eigenvalue weighted by Gasteiger charge is -2.33. The van der Waals surface area contributed by atoms with Crippen LogP contribution in [0.5, 0.6) is 0 Å². The van der Waals surface area contributed by atoms with Gasteiger partial charge in [0.05, 0.1) is 22.8 Å². The minimum absolute atomic E-state index is 0.00600. The topological polar surface area (TPSA) is 114 Å². The number of anilines is 1. The smallest absolute Gasteiger partial charge is 0.296 e. The van der Waals surface area contributed by atoms with Crippen LogP contribution in [-0.2, 0) is 25.5 Å². The lowest BCUT2D eigenvalue weighted by atomic mass is 9.90. The molecule has 2 aliphatic rings. The Kier molecular flexibility index (Phi) is 8.87. The van der Waals surface area contributed by atoms with Gasteiger partial charge in [-0.2, -0.15) is 8.42 Å². The Bertz CT molecular complexity index is 1420. The molecule has 3 aromatic rings. The third-order valence-electron chi connectivity index (χ3n) is 7.66. The minimum atomic E-state index is -3.83. The molecule has 0 saturated heterocycles. The predicted octanol–water partition coefficient (Wildman–Crippen LogP) is 4.68. The van der Waals surface area contributed by atoms with E-state index >= 15 is 0 Å². The van der Waals surface area contributed by atoms with E-state index in [0.717, 1.165) is 64.6 Å². The van der Waals surface area contributed by atoms with Gasteiger partial charge in [-0.1, -0.05) is 15.9 Å². The quantitative estimate of drug-likeness (QED) is 0.244. The highest BCUT2D eigenvalue weighted by molar-refractivity contribution is 9.10. The van der Waals surface area contributed by atoms with E-state index in [1.807, 2.05) is 0 Å². The molecule has 2 heterocycles. The molecule has 2 N–H and O–H groups in total. The number of aromatic nitrogens is 2. The Hall–Kier alpha value is -2.12. The summed E-state index contributed by atoms with van der Waals surface area (Å²) in [7, 11) is 0.458. The molecular formula is C27H34BrN5O4S2. The summed E-state index contributed by atoms with van der Waals surface area (Å²) in [6.07, 6.45) is 8.07. The summed E-state index contributed by atoms with van der Waals surface area (Å²) < 4.78 is 30.7. The summed E-state index contributed by atoms with van der Waals surface area (Å²) >= 11 is 4.95. The van der Waals surface area contributed by atoms with E-state index in [2.05, 4.69) is 55.5 Å². The largest absolute Gasteiger partial charge is 0.367 e. The van der Waals surface area contributed by atoms with Gasteiger partial charge in [0.25, 0.3) is 10.1 Å². The number of thiophene rings is 1. The van der Waals surface area contributed by atoms with Gasteiger partial charge < -0.3 is 15.5 Å². The fraction of sp³-hybridized carbons (Fsp3) is 0.519. The maximum absolute atomic E-state index is 13.2. The van der Waals surface area contributed by atoms with Crippen molar-refractivity contribution in [2.24, 2.45) is 0 Å². The molecule has 1 atom stereocenters. The van der Waals surface area contributed by atoms with Crippen LogP contribution in [0.3, 0.4) is 0 Å². The van der Waals surface area contributed by atoms with Gasteiger partial charge in [-0.05, 0) is 88.9 Å². The summed E-state index contributed by atoms with van der Waals surface area (Å²) in [6.45, 7) is 0.327. The number of aryl methyl sites for hydroxylation is 1. The van der Waals surface area contributed by atoms with E-state index in [4.69, 9.17) is 4.18 Å². The third kappa shape index (κ3) is 6.45. The zero-order chi connectivity index (χ0) is 27.6. The van der Waals surface area contributed by atoms with E-state index < -0.39 is 10.1 Å². The zero-order valence-corrected chi connectivity index (χ0v) is 25.4. The lowest BCUT2D eigenvalue weighted by molar-refractivity contribution is -0.122. The average Bonchev–Trinajstić information content (AvgIpc) is 3.49. The van der Waals surface area contributed by atoms with Crippen molar-refractivity contribution in [2.45, 2.75) is 67.8 Å². The highest BCUT2D eigenvalue weighted by Crippen LogP contribution is 2.45. The second-order valence-corrected chi connectivity index (χ2v) is 14.0. The SMILES string of the molecule is CN(C)[C@H]1CC[C@H](Nc2ncnc3sc4c(c23)C(C(=O)NCCCOS(=O)(=O)c2ccc(Br)cc2)CC4)CC1. The lowest BCUT2D eigenvalue weighted by Crippen LogP contribution is -2.36. The van der Waals surface area contributed by atoms with Crippen molar-refractivity contribution in [3.63, 3.8) is 0 Å². The number of halogens is 1. The van der Waals surface area contributed by atoms with Crippen LogP contribution in [0.15, 0.2) is 40.0 Å². The van der Waals surface area contributed by atoms with Gasteiger partial charge in [0.2, 0.25) is 5.91 Å². The molecule has 2 aliphatic carbocycles. The summed E-state index contributed by atoms with van der Waals surface area (Å²) in [4.78, 5) is 26.9. The van der Waals surface area contributed by atoms with Gasteiger partial charge >= 0.3 is 0 Å². The number of amides is 1. The van der Waals surface area contributed by atoms with E-state index in [1.165, 1.54) is 17.0 Å². The molecule has 9 nitrogen and oxygen atoms in total. The summed E-state index contributed by atoms with van der Waals surface area (Å²) in [5, 5.41) is 7.65. The Morgan fingerprint density at radius 1 is 1.13 bits per heavy atom. The summed E-state index contributed by atoms with van der Waals surface area (Å²) in [5.74, 6) is 0.514. The molecule has 2 aromatic heterocycles. The van der Waals surface area contributed by atoms with Gasteiger partial charge in [0, 0.05) is 28.0 Å². The van der Waals surface area contributed by atoms with Crippen LogP contribution in [0.25, 0.3) is 10.2 Å². The number of nitrogens with one attached hydrogen (secondary N) is 2. The van der Waals surface area contributed by atoms with Crippen LogP contribution in [0, 0.1) is 0 Å². The number of rotatable bonds is 10. The Balaban J connectivity index is 1.19. The van der Waals surface area contributed by atoms with E-state index in [9.17, 15) is 13.2 Å². The van der Waals surface area contributed by atoms with Crippen LogP contribution in [0.1, 0.15) is 54.9 Å². The van der Waals surface area contributed by atoms with Crippen LogP contribution in [0.4, 0.5) is 5.82 Å². The van der Waals surface area contributed by atoms with E-state index in [-0.39, 0.29) is 23.3 Å². The van der Waals surface area contributed by atoms with Crippen LogP contribution in [0.2, 0.25) is 0 Å². The van der Waals surface area contributed by atoms with E-state index in [0.29, 0.717) is 25.0 Å². The molecule has 0 bridgehead atoms.